The van der Waals surface area contributed by atoms with Crippen molar-refractivity contribution in [2.75, 3.05) is 94.9 Å². The number of urea groups is 2. The van der Waals surface area contributed by atoms with Gasteiger partial charge in [0.2, 0.25) is 11.2 Å². The minimum absolute atomic E-state index is 0.00563. The van der Waals surface area contributed by atoms with E-state index in [0.29, 0.717) is 38.0 Å². The molecule has 0 spiro atoms. The molecule has 2 aromatic heterocycles. The monoisotopic (exact) mass is 961 g/mol. The number of rotatable bonds is 11. The van der Waals surface area contributed by atoms with Crippen LogP contribution in [0.3, 0.4) is 0 Å². The van der Waals surface area contributed by atoms with Crippen LogP contribution in [0.4, 0.5) is 27.2 Å². The summed E-state index contributed by atoms with van der Waals surface area (Å²) in [5.74, 6) is 2.21. The van der Waals surface area contributed by atoms with E-state index >= 15 is 0 Å². The van der Waals surface area contributed by atoms with Gasteiger partial charge in [0.15, 0.2) is 0 Å². The minimum Gasteiger partial charge on any atom is -0.382 e. The van der Waals surface area contributed by atoms with E-state index in [1.165, 1.54) is 62.3 Å². The van der Waals surface area contributed by atoms with Crippen LogP contribution in [0.25, 0.3) is 0 Å². The maximum Gasteiger partial charge on any atom is 0.317 e. The maximum atomic E-state index is 12.8. The average Bonchev–Trinajstić information content (AvgIpc) is 3.36. The summed E-state index contributed by atoms with van der Waals surface area (Å²) >= 11 is 5.36. The highest BCUT2D eigenvalue weighted by atomic mass is 35.5. The molecule has 0 aliphatic carbocycles. The first-order chi connectivity index (χ1) is 33.5. The fourth-order valence-electron chi connectivity index (χ4n) is 9.19. The molecule has 2 atom stereocenters. The number of hydrogen-bond donors (Lipinski definition) is 5. The van der Waals surface area contributed by atoms with Crippen LogP contribution >= 0.6 is 11.6 Å². The molecule has 368 valence electrons. The van der Waals surface area contributed by atoms with E-state index in [0.717, 1.165) is 71.1 Å². The van der Waals surface area contributed by atoms with E-state index in [2.05, 4.69) is 113 Å². The maximum absolute atomic E-state index is 12.8. The smallest absolute Gasteiger partial charge is 0.317 e. The first kappa shape index (κ1) is 52.1. The third-order valence-electron chi connectivity index (χ3n) is 13.3. The van der Waals surface area contributed by atoms with Gasteiger partial charge in [0.1, 0.15) is 34.9 Å². The van der Waals surface area contributed by atoms with Crippen molar-refractivity contribution in [1.29, 1.82) is 10.5 Å². The number of nitrogens with zero attached hydrogens (tertiary/aromatic N) is 11. The van der Waals surface area contributed by atoms with Crippen LogP contribution in [-0.2, 0) is 13.1 Å². The summed E-state index contributed by atoms with van der Waals surface area (Å²) in [6, 6.07) is 25.6. The van der Waals surface area contributed by atoms with Crippen LogP contribution in [0.5, 0.6) is 0 Å². The van der Waals surface area contributed by atoms with Gasteiger partial charge in [0, 0.05) is 77.5 Å². The molecular formula is C50H69ClN16O2. The Labute approximate surface area is 412 Å². The van der Waals surface area contributed by atoms with Gasteiger partial charge in [0.05, 0.1) is 12.4 Å². The Morgan fingerprint density at radius 3 is 1.65 bits per heavy atom. The number of halogens is 1. The first-order valence-electron chi connectivity index (χ1n) is 24.3. The highest BCUT2D eigenvalue weighted by Gasteiger charge is 2.29. The molecule has 0 unspecified atom stereocenters. The minimum atomic E-state index is -0.00563. The van der Waals surface area contributed by atoms with Crippen molar-refractivity contribution >= 4 is 41.2 Å². The molecule has 0 radical (unpaired) electrons. The van der Waals surface area contributed by atoms with Crippen LogP contribution in [0, 0.1) is 34.5 Å². The van der Waals surface area contributed by atoms with Gasteiger partial charge in [-0.05, 0) is 113 Å². The molecule has 4 saturated heterocycles. The molecule has 4 aliphatic heterocycles. The Bertz CT molecular complexity index is 2300. The normalized spacial score (nSPS) is 19.2. The lowest BCUT2D eigenvalue weighted by atomic mass is 9.93. The van der Waals surface area contributed by atoms with E-state index < -0.39 is 0 Å². The van der Waals surface area contributed by atoms with E-state index in [4.69, 9.17) is 33.6 Å². The number of nitrogens with one attached hydrogen (secondary N) is 3. The molecule has 18 nitrogen and oxygen atoms in total. The molecule has 6 heterocycles. The molecule has 2 aromatic carbocycles. The van der Waals surface area contributed by atoms with E-state index in [1.54, 1.807) is 0 Å². The highest BCUT2D eigenvalue weighted by molar-refractivity contribution is 6.28. The van der Waals surface area contributed by atoms with Gasteiger partial charge in [-0.1, -0.05) is 60.7 Å². The lowest BCUT2D eigenvalue weighted by molar-refractivity contribution is 0.158. The Morgan fingerprint density at radius 1 is 0.696 bits per heavy atom. The van der Waals surface area contributed by atoms with Gasteiger partial charge in [-0.2, -0.15) is 20.5 Å². The van der Waals surface area contributed by atoms with Gasteiger partial charge < -0.3 is 42.1 Å². The van der Waals surface area contributed by atoms with Gasteiger partial charge in [-0.25, -0.2) is 19.6 Å². The number of carbonyl (C=O) groups is 2. The summed E-state index contributed by atoms with van der Waals surface area (Å²) in [7, 11) is 0. The molecule has 4 amide bonds. The zero-order valence-electron chi connectivity index (χ0n) is 40.1. The number of nitrogen functional groups attached to an aromatic ring is 2. The summed E-state index contributed by atoms with van der Waals surface area (Å²) in [5.41, 5.74) is 14.4. The number of amides is 4. The zero-order valence-corrected chi connectivity index (χ0v) is 40.9. The topological polar surface area (TPSA) is 238 Å². The van der Waals surface area contributed by atoms with Crippen LogP contribution in [0.1, 0.15) is 74.6 Å². The lowest BCUT2D eigenvalue weighted by Gasteiger charge is -2.39. The molecule has 69 heavy (non-hydrogen) atoms. The van der Waals surface area contributed by atoms with Crippen molar-refractivity contribution in [2.24, 2.45) is 11.8 Å². The SMILES string of the molecule is C[C@@H]1CN(c2ncc(C#N)c(N)n2)CCN1C(=O)NCCC1CCN(Cc2ccccc2)CC1.C[C@@H]1CNCCN1C(=O)NCCC1CCN(Cc2ccccc2)CC1.N#Cc1cnc(Cl)nc1N. The molecule has 4 aromatic rings. The molecule has 8 rings (SSSR count). The van der Waals surface area contributed by atoms with Gasteiger partial charge in [-0.15, -0.1) is 0 Å². The predicted octanol–water partition coefficient (Wildman–Crippen LogP) is 5.33. The summed E-state index contributed by atoms with van der Waals surface area (Å²) < 4.78 is 0. The first-order valence-corrected chi connectivity index (χ1v) is 24.6. The Kier molecular flexibility index (Phi) is 20.4. The summed E-state index contributed by atoms with van der Waals surface area (Å²) in [5, 5.41) is 27.0. The molecule has 4 fully saturated rings. The van der Waals surface area contributed by atoms with Crippen molar-refractivity contribution < 1.29 is 9.59 Å². The quantitative estimate of drug-likeness (QED) is 0.120. The fourth-order valence-corrected chi connectivity index (χ4v) is 9.33. The number of likely N-dealkylation sites (tertiary alicyclic amines) is 2. The summed E-state index contributed by atoms with van der Waals surface area (Å²) in [6.45, 7) is 16.8. The van der Waals surface area contributed by atoms with Crippen molar-refractivity contribution in [3.05, 3.63) is 101 Å². The molecule has 0 saturated carbocycles. The Hall–Kier alpha value is -6.31. The second kappa shape index (κ2) is 27.0. The zero-order chi connectivity index (χ0) is 49.0. The Morgan fingerprint density at radius 2 is 1.19 bits per heavy atom. The number of hydrogen-bond acceptors (Lipinski definition) is 14. The summed E-state index contributed by atoms with van der Waals surface area (Å²) in [6.07, 6.45) is 9.72. The van der Waals surface area contributed by atoms with Crippen LogP contribution < -0.4 is 32.3 Å². The number of nitriles is 2. The predicted molar refractivity (Wildman–Crippen MR) is 270 cm³/mol. The largest absolute Gasteiger partial charge is 0.382 e. The van der Waals surface area contributed by atoms with E-state index in [1.807, 2.05) is 33.8 Å². The Balaban J connectivity index is 0.000000195. The lowest BCUT2D eigenvalue weighted by Crippen LogP contribution is -2.57. The number of aromatic nitrogens is 4. The molecule has 7 N–H and O–H groups in total. The summed E-state index contributed by atoms with van der Waals surface area (Å²) in [4.78, 5) is 51.6. The molecule has 19 heteroatoms. The van der Waals surface area contributed by atoms with Gasteiger partial charge in [0.25, 0.3) is 0 Å². The number of nitrogens with two attached hydrogens (primary N) is 2. The van der Waals surface area contributed by atoms with Gasteiger partial charge >= 0.3 is 12.1 Å². The number of anilines is 3. The van der Waals surface area contributed by atoms with Crippen LogP contribution in [0.2, 0.25) is 5.28 Å². The van der Waals surface area contributed by atoms with Crippen molar-refractivity contribution in [3.63, 3.8) is 0 Å². The number of benzene rings is 2. The van der Waals surface area contributed by atoms with E-state index in [-0.39, 0.29) is 52.2 Å². The third kappa shape index (κ3) is 16.4. The van der Waals surface area contributed by atoms with Crippen LogP contribution in [-0.4, -0.2) is 142 Å². The second-order valence-corrected chi connectivity index (χ2v) is 18.7. The molecular weight excluding hydrogens is 892 g/mol. The second-order valence-electron chi connectivity index (χ2n) is 18.3. The third-order valence-corrected chi connectivity index (χ3v) is 13.5. The van der Waals surface area contributed by atoms with Crippen molar-refractivity contribution in [3.8, 4) is 12.1 Å². The van der Waals surface area contributed by atoms with Gasteiger partial charge in [-0.3, -0.25) is 9.80 Å². The fraction of sp³-hybridized carbons (Fsp3) is 0.520. The van der Waals surface area contributed by atoms with E-state index in [9.17, 15) is 9.59 Å². The highest BCUT2D eigenvalue weighted by Crippen LogP contribution is 2.24. The number of carbonyl (C=O) groups excluding carboxylic acids is 2. The number of piperidine rings is 2. The average molecular weight is 962 g/mol. The van der Waals surface area contributed by atoms with Crippen molar-refractivity contribution in [2.45, 2.75) is 77.5 Å². The van der Waals surface area contributed by atoms with Crippen molar-refractivity contribution in [1.82, 2.24) is 55.5 Å². The van der Waals surface area contributed by atoms with Crippen LogP contribution in [0.15, 0.2) is 73.1 Å². The standard InChI is InChI=1S/C25H34N8O.C20H32N4O.C5H3ClN4/c1-19-17-32(24-29-16-22(15-26)23(27)30-24)13-14-33(19)25(34)28-10-7-20-8-11-31(12-9-20)18-21-5-3-2-4-6-21;1-17-15-21-11-14-24(17)20(25)22-10-7-18-8-12-23(13-9-18)16-19-5-3-2-4-6-19;6-5-9-2-3(1-7)4(8)10-5/h2-6,16,19-20H,7-14,17-18H2,1H3,(H,28,34)(H2,27,29,30);2-6,17-18,21H,7-16H2,1H3,(H,22,25);2H,(H2,8,9,10)/t19-;17-;/m11./s1. The molecule has 4 aliphatic rings. The number of piperazine rings is 2. The molecule has 0 bridgehead atoms.